The van der Waals surface area contributed by atoms with Gasteiger partial charge in [0, 0.05) is 47.9 Å². The minimum atomic E-state index is -0.696. The van der Waals surface area contributed by atoms with E-state index in [-0.39, 0.29) is 36.7 Å². The maximum Gasteiger partial charge on any atom is 0.258 e. The second-order valence-electron chi connectivity index (χ2n) is 11.5. The fourth-order valence-electron chi connectivity index (χ4n) is 6.46. The number of benzene rings is 4. The topological polar surface area (TPSA) is 69.7 Å². The van der Waals surface area contributed by atoms with Crippen molar-refractivity contribution in [2.24, 2.45) is 0 Å². The standard InChI is InChI=1S/C36H36ClN3O3/c37-30-19-7-4-13-27(30)24-40(32(23-25-11-2-1-3-12-25)35(42)38-28-16-5-6-17-28)33(41)21-10-22-39-31-20-9-15-26-14-8-18-29(34(26)31)36(39)43/h1-4,7-9,11-15,18-20,28,32H,5-6,10,16-17,21-24H2,(H,38,42). The van der Waals surface area contributed by atoms with Gasteiger partial charge in [0.15, 0.2) is 0 Å². The van der Waals surface area contributed by atoms with Crippen LogP contribution in [0.25, 0.3) is 10.8 Å². The fourth-order valence-corrected chi connectivity index (χ4v) is 6.66. The number of hydrogen-bond donors (Lipinski definition) is 1. The molecule has 1 aliphatic heterocycles. The van der Waals surface area contributed by atoms with Crippen LogP contribution in [0.15, 0.2) is 91.0 Å². The average Bonchev–Trinajstić information content (AvgIpc) is 3.63. The van der Waals surface area contributed by atoms with Gasteiger partial charge >= 0.3 is 0 Å². The minimum absolute atomic E-state index is 0.0370. The van der Waals surface area contributed by atoms with Crippen LogP contribution in [-0.4, -0.2) is 41.2 Å². The number of carbonyl (C=O) groups excluding carboxylic acids is 3. The lowest BCUT2D eigenvalue weighted by Crippen LogP contribution is -2.52. The number of nitrogens with one attached hydrogen (secondary N) is 1. The molecule has 43 heavy (non-hydrogen) atoms. The molecule has 6 rings (SSSR count). The molecule has 1 unspecified atom stereocenters. The Morgan fingerprint density at radius 1 is 0.907 bits per heavy atom. The molecule has 1 atom stereocenters. The van der Waals surface area contributed by atoms with E-state index in [9.17, 15) is 14.4 Å². The van der Waals surface area contributed by atoms with E-state index in [1.165, 1.54) is 0 Å². The molecule has 0 saturated heterocycles. The number of halogens is 1. The van der Waals surface area contributed by atoms with Gasteiger partial charge in [-0.2, -0.15) is 0 Å². The van der Waals surface area contributed by atoms with Gasteiger partial charge in [-0.1, -0.05) is 97.2 Å². The Morgan fingerprint density at radius 2 is 1.63 bits per heavy atom. The smallest absolute Gasteiger partial charge is 0.258 e. The van der Waals surface area contributed by atoms with Crippen molar-refractivity contribution in [1.82, 2.24) is 10.2 Å². The van der Waals surface area contributed by atoms with Crippen LogP contribution in [0.4, 0.5) is 5.69 Å². The minimum Gasteiger partial charge on any atom is -0.352 e. The van der Waals surface area contributed by atoms with Crippen molar-refractivity contribution in [2.75, 3.05) is 11.4 Å². The number of rotatable bonds is 11. The van der Waals surface area contributed by atoms with E-state index in [1.807, 2.05) is 91.0 Å². The highest BCUT2D eigenvalue weighted by atomic mass is 35.5. The molecular weight excluding hydrogens is 558 g/mol. The highest BCUT2D eigenvalue weighted by Gasteiger charge is 2.33. The molecule has 0 spiro atoms. The Hall–Kier alpha value is -4.16. The van der Waals surface area contributed by atoms with Crippen LogP contribution < -0.4 is 10.2 Å². The van der Waals surface area contributed by atoms with Crippen molar-refractivity contribution < 1.29 is 14.4 Å². The fraction of sp³-hybridized carbons (Fsp3) is 0.306. The summed E-state index contributed by atoms with van der Waals surface area (Å²) < 4.78 is 0. The number of carbonyl (C=O) groups is 3. The van der Waals surface area contributed by atoms with Crippen molar-refractivity contribution >= 4 is 45.8 Å². The molecule has 1 heterocycles. The Balaban J connectivity index is 1.24. The molecule has 3 amide bonds. The van der Waals surface area contributed by atoms with Gasteiger partial charge in [-0.15, -0.1) is 0 Å². The monoisotopic (exact) mass is 593 g/mol. The van der Waals surface area contributed by atoms with Crippen molar-refractivity contribution in [1.29, 1.82) is 0 Å². The van der Waals surface area contributed by atoms with E-state index in [0.29, 0.717) is 30.0 Å². The van der Waals surface area contributed by atoms with Crippen LogP contribution in [0.1, 0.15) is 60.0 Å². The number of hydrogen-bond acceptors (Lipinski definition) is 3. The predicted octanol–water partition coefficient (Wildman–Crippen LogP) is 6.93. The molecule has 0 radical (unpaired) electrons. The molecule has 0 bridgehead atoms. The molecule has 1 saturated carbocycles. The molecule has 4 aromatic carbocycles. The van der Waals surface area contributed by atoms with Crippen LogP contribution in [-0.2, 0) is 22.6 Å². The summed E-state index contributed by atoms with van der Waals surface area (Å²) in [4.78, 5) is 44.8. The van der Waals surface area contributed by atoms with Crippen LogP contribution in [0.5, 0.6) is 0 Å². The zero-order valence-corrected chi connectivity index (χ0v) is 24.9. The highest BCUT2D eigenvalue weighted by molar-refractivity contribution is 6.31. The first-order chi connectivity index (χ1) is 21.0. The third-order valence-corrected chi connectivity index (χ3v) is 9.06. The summed E-state index contributed by atoms with van der Waals surface area (Å²) in [6.07, 6.45) is 5.19. The van der Waals surface area contributed by atoms with Gasteiger partial charge in [-0.25, -0.2) is 0 Å². The molecular formula is C36H36ClN3O3. The Labute approximate surface area is 257 Å². The summed E-state index contributed by atoms with van der Waals surface area (Å²) >= 11 is 6.56. The SMILES string of the molecule is O=C(NC1CCCC1)C(Cc1ccccc1)N(Cc1ccccc1Cl)C(=O)CCCN1C(=O)c2cccc3cccc1c23. The van der Waals surface area contributed by atoms with E-state index in [0.717, 1.165) is 53.3 Å². The number of anilines is 1. The normalized spacial score (nSPS) is 15.2. The van der Waals surface area contributed by atoms with Crippen molar-refractivity contribution in [3.05, 3.63) is 113 Å². The van der Waals surface area contributed by atoms with Gasteiger partial charge < -0.3 is 15.1 Å². The molecule has 0 aromatic heterocycles. The maximum absolute atomic E-state index is 14.1. The van der Waals surface area contributed by atoms with Crippen molar-refractivity contribution in [2.45, 2.75) is 63.6 Å². The summed E-state index contributed by atoms with van der Waals surface area (Å²) in [7, 11) is 0. The third kappa shape index (κ3) is 6.30. The molecule has 7 heteroatoms. The summed E-state index contributed by atoms with van der Waals surface area (Å²) in [6.45, 7) is 0.636. The van der Waals surface area contributed by atoms with Crippen molar-refractivity contribution in [3.63, 3.8) is 0 Å². The van der Waals surface area contributed by atoms with Gasteiger partial charge in [0.2, 0.25) is 11.8 Å². The molecule has 220 valence electrons. The summed E-state index contributed by atoms with van der Waals surface area (Å²) in [5.41, 5.74) is 3.36. The quantitative estimate of drug-likeness (QED) is 0.205. The average molecular weight is 594 g/mol. The van der Waals surface area contributed by atoms with E-state index < -0.39 is 6.04 Å². The van der Waals surface area contributed by atoms with E-state index >= 15 is 0 Å². The lowest BCUT2D eigenvalue weighted by atomic mass is 10.0. The summed E-state index contributed by atoms with van der Waals surface area (Å²) in [6, 6.07) is 28.4. The lowest BCUT2D eigenvalue weighted by molar-refractivity contribution is -0.141. The van der Waals surface area contributed by atoms with E-state index in [1.54, 1.807) is 9.80 Å². The first-order valence-electron chi connectivity index (χ1n) is 15.2. The second kappa shape index (κ2) is 13.0. The second-order valence-corrected chi connectivity index (χ2v) is 12.0. The lowest BCUT2D eigenvalue weighted by Gasteiger charge is -2.33. The zero-order valence-electron chi connectivity index (χ0n) is 24.2. The first-order valence-corrected chi connectivity index (χ1v) is 15.6. The third-order valence-electron chi connectivity index (χ3n) is 8.69. The molecule has 4 aromatic rings. The molecule has 1 N–H and O–H groups in total. The summed E-state index contributed by atoms with van der Waals surface area (Å²) in [5, 5.41) is 5.80. The van der Waals surface area contributed by atoms with E-state index in [4.69, 9.17) is 11.6 Å². The Bertz CT molecular complexity index is 1630. The molecule has 6 nitrogen and oxygen atoms in total. The largest absolute Gasteiger partial charge is 0.352 e. The molecule has 2 aliphatic rings. The highest BCUT2D eigenvalue weighted by Crippen LogP contribution is 2.37. The summed E-state index contributed by atoms with van der Waals surface area (Å²) in [5.74, 6) is -0.303. The van der Waals surface area contributed by atoms with Gasteiger partial charge in [0.25, 0.3) is 5.91 Å². The number of amides is 3. The number of nitrogens with zero attached hydrogens (tertiary/aromatic N) is 2. The maximum atomic E-state index is 14.1. The Morgan fingerprint density at radius 3 is 2.40 bits per heavy atom. The van der Waals surface area contributed by atoms with Crippen LogP contribution in [0.2, 0.25) is 5.02 Å². The molecule has 1 fully saturated rings. The van der Waals surface area contributed by atoms with Crippen molar-refractivity contribution in [3.8, 4) is 0 Å². The van der Waals surface area contributed by atoms with Gasteiger partial charge in [0.05, 0.1) is 5.69 Å². The van der Waals surface area contributed by atoms with Crippen LogP contribution in [0.3, 0.4) is 0 Å². The van der Waals surface area contributed by atoms with Crippen LogP contribution in [0, 0.1) is 0 Å². The zero-order chi connectivity index (χ0) is 29.8. The van der Waals surface area contributed by atoms with Gasteiger partial charge in [-0.05, 0) is 54.0 Å². The van der Waals surface area contributed by atoms with Gasteiger partial charge in [0.1, 0.15) is 6.04 Å². The van der Waals surface area contributed by atoms with E-state index in [2.05, 4.69) is 5.32 Å². The predicted molar refractivity (Wildman–Crippen MR) is 171 cm³/mol. The van der Waals surface area contributed by atoms with Gasteiger partial charge in [-0.3, -0.25) is 14.4 Å². The molecule has 1 aliphatic carbocycles. The Kier molecular flexibility index (Phi) is 8.75. The van der Waals surface area contributed by atoms with Crippen LogP contribution >= 0.6 is 11.6 Å². The first kappa shape index (κ1) is 28.9.